The van der Waals surface area contributed by atoms with Crippen LogP contribution in [0.1, 0.15) is 225 Å². The maximum absolute atomic E-state index is 8.79. The summed E-state index contributed by atoms with van der Waals surface area (Å²) in [5, 5.41) is 8.79. The molecule has 0 aromatic carbocycles. The monoisotopic (exact) mass is 635 g/mol. The molecule has 0 fully saturated rings. The highest BCUT2D eigenvalue weighted by Gasteiger charge is 2.01. The van der Waals surface area contributed by atoms with E-state index in [1.807, 2.05) is 0 Å². The molecule has 0 rings (SSSR count). The van der Waals surface area contributed by atoms with Gasteiger partial charge in [-0.05, 0) is 12.5 Å². The van der Waals surface area contributed by atoms with Crippen molar-refractivity contribution in [2.75, 3.05) is 6.61 Å². The van der Waals surface area contributed by atoms with Gasteiger partial charge in [0.2, 0.25) is 7.42 Å². The smallest absolute Gasteiger partial charge is 0.237 e. The Morgan fingerprint density at radius 1 is 0.244 bits per heavy atom. The molecular formula is C37H76Cl2OSi. The summed E-state index contributed by atoms with van der Waals surface area (Å²) >= 11 is 11.8. The van der Waals surface area contributed by atoms with Gasteiger partial charge in [0, 0.05) is 6.61 Å². The third-order valence-electron chi connectivity index (χ3n) is 9.08. The topological polar surface area (TPSA) is 20.2 Å². The molecule has 0 saturated carbocycles. The summed E-state index contributed by atoms with van der Waals surface area (Å²) in [4.78, 5) is 0. The Morgan fingerprint density at radius 3 is 0.537 bits per heavy atom. The zero-order chi connectivity index (χ0) is 29.7. The van der Waals surface area contributed by atoms with E-state index >= 15 is 0 Å². The molecule has 0 aliphatic rings. The van der Waals surface area contributed by atoms with E-state index in [0.717, 1.165) is 12.5 Å². The van der Waals surface area contributed by atoms with E-state index < -0.39 is 7.42 Å². The molecule has 0 atom stereocenters. The van der Waals surface area contributed by atoms with Crippen LogP contribution in [0.4, 0.5) is 0 Å². The van der Waals surface area contributed by atoms with Gasteiger partial charge in [-0.25, -0.2) is 0 Å². The number of hydrogen-bond donors (Lipinski definition) is 1. The molecule has 0 aromatic heterocycles. The first-order valence-corrected chi connectivity index (χ1v) is 23.5. The summed E-state index contributed by atoms with van der Waals surface area (Å²) in [5.41, 5.74) is 0. The van der Waals surface area contributed by atoms with Crippen molar-refractivity contribution in [3.63, 3.8) is 0 Å². The van der Waals surface area contributed by atoms with Crippen LogP contribution in [0.15, 0.2) is 0 Å². The lowest BCUT2D eigenvalue weighted by Gasteiger charge is -2.05. The minimum atomic E-state index is -1.34. The molecule has 0 bridgehead atoms. The fourth-order valence-electron chi connectivity index (χ4n) is 6.24. The highest BCUT2D eigenvalue weighted by Crippen LogP contribution is 2.17. The second-order valence-corrected chi connectivity index (χ2v) is 18.5. The van der Waals surface area contributed by atoms with Gasteiger partial charge in [-0.2, -0.15) is 22.2 Å². The van der Waals surface area contributed by atoms with E-state index in [1.165, 1.54) is 218 Å². The SMILES string of the molecule is OCCCCCCCCCCCCCCCCCCCCCCCCCCCCCCCCCCCCC[SiH](Cl)Cl. The van der Waals surface area contributed by atoms with Crippen LogP contribution in [0.25, 0.3) is 0 Å². The molecular weight excluding hydrogens is 559 g/mol. The van der Waals surface area contributed by atoms with Crippen LogP contribution < -0.4 is 0 Å². The van der Waals surface area contributed by atoms with Crippen molar-refractivity contribution in [2.45, 2.75) is 231 Å². The van der Waals surface area contributed by atoms with Crippen LogP contribution in [0.2, 0.25) is 6.04 Å². The van der Waals surface area contributed by atoms with Crippen LogP contribution in [0.3, 0.4) is 0 Å². The first-order valence-electron chi connectivity index (χ1n) is 19.2. The molecule has 0 spiro atoms. The Balaban J connectivity index is 3.03. The van der Waals surface area contributed by atoms with Gasteiger partial charge in [-0.3, -0.25) is 0 Å². The molecule has 0 heterocycles. The lowest BCUT2D eigenvalue weighted by molar-refractivity contribution is 0.282. The van der Waals surface area contributed by atoms with Gasteiger partial charge in [0.25, 0.3) is 0 Å². The van der Waals surface area contributed by atoms with Gasteiger partial charge in [0.15, 0.2) is 0 Å². The molecule has 0 aromatic rings. The summed E-state index contributed by atoms with van der Waals surface area (Å²) in [7, 11) is -1.34. The van der Waals surface area contributed by atoms with Crippen LogP contribution in [-0.2, 0) is 0 Å². The van der Waals surface area contributed by atoms with Crippen LogP contribution in [0, 0.1) is 0 Å². The Morgan fingerprint density at radius 2 is 0.390 bits per heavy atom. The molecule has 0 saturated heterocycles. The zero-order valence-electron chi connectivity index (χ0n) is 27.9. The zero-order valence-corrected chi connectivity index (χ0v) is 30.6. The summed E-state index contributed by atoms with van der Waals surface area (Å²) in [6.07, 6.45) is 49.8. The van der Waals surface area contributed by atoms with Crippen LogP contribution in [-0.4, -0.2) is 19.1 Å². The fraction of sp³-hybridized carbons (Fsp3) is 1.00. The fourth-order valence-corrected chi connectivity index (χ4v) is 7.77. The van der Waals surface area contributed by atoms with Gasteiger partial charge in [0.1, 0.15) is 0 Å². The number of halogens is 2. The van der Waals surface area contributed by atoms with Crippen LogP contribution in [0.5, 0.6) is 0 Å². The van der Waals surface area contributed by atoms with Crippen molar-refractivity contribution in [1.29, 1.82) is 0 Å². The quantitative estimate of drug-likeness (QED) is 0.0409. The van der Waals surface area contributed by atoms with Gasteiger partial charge in [-0.15, -0.1) is 0 Å². The van der Waals surface area contributed by atoms with Crippen molar-refractivity contribution < 1.29 is 5.11 Å². The van der Waals surface area contributed by atoms with Crippen molar-refractivity contribution in [3.05, 3.63) is 0 Å². The number of hydrogen-bond acceptors (Lipinski definition) is 1. The van der Waals surface area contributed by atoms with E-state index in [-0.39, 0.29) is 0 Å². The van der Waals surface area contributed by atoms with Crippen molar-refractivity contribution in [3.8, 4) is 0 Å². The number of aliphatic hydroxyl groups excluding tert-OH is 1. The first-order chi connectivity index (χ1) is 20.3. The first kappa shape index (κ1) is 41.8. The molecule has 0 radical (unpaired) electrons. The number of rotatable bonds is 37. The van der Waals surface area contributed by atoms with Gasteiger partial charge < -0.3 is 5.11 Å². The Bertz CT molecular complexity index is 449. The summed E-state index contributed by atoms with van der Waals surface area (Å²) < 4.78 is 0. The molecule has 0 unspecified atom stereocenters. The summed E-state index contributed by atoms with van der Waals surface area (Å²) in [5.74, 6) is 0. The normalized spacial score (nSPS) is 11.7. The molecule has 248 valence electrons. The number of unbranched alkanes of at least 4 members (excludes halogenated alkanes) is 34. The van der Waals surface area contributed by atoms with Crippen molar-refractivity contribution in [1.82, 2.24) is 0 Å². The molecule has 0 amide bonds. The van der Waals surface area contributed by atoms with E-state index in [1.54, 1.807) is 0 Å². The maximum Gasteiger partial charge on any atom is 0.237 e. The average molecular weight is 636 g/mol. The van der Waals surface area contributed by atoms with Crippen LogP contribution >= 0.6 is 22.2 Å². The third-order valence-corrected chi connectivity index (χ3v) is 11.2. The molecule has 4 heteroatoms. The number of aliphatic hydroxyl groups is 1. The Hall–Kier alpha value is 0.757. The van der Waals surface area contributed by atoms with Gasteiger partial charge >= 0.3 is 0 Å². The molecule has 0 aliphatic heterocycles. The molecule has 0 aliphatic carbocycles. The standard InChI is InChI=1S/C37H76Cl2OSi/c38-41(39)37-35-33-31-29-27-25-23-21-19-17-15-13-11-9-7-5-3-1-2-4-6-8-10-12-14-16-18-20-22-24-26-28-30-32-34-36-40/h40-41H,1-37H2. The summed E-state index contributed by atoms with van der Waals surface area (Å²) in [6.45, 7) is 0.372. The van der Waals surface area contributed by atoms with E-state index in [4.69, 9.17) is 27.3 Å². The van der Waals surface area contributed by atoms with Crippen molar-refractivity contribution in [2.24, 2.45) is 0 Å². The van der Waals surface area contributed by atoms with E-state index in [9.17, 15) is 0 Å². The van der Waals surface area contributed by atoms with E-state index in [0.29, 0.717) is 6.61 Å². The van der Waals surface area contributed by atoms with Gasteiger partial charge in [0.05, 0.1) is 0 Å². The second-order valence-electron chi connectivity index (χ2n) is 13.3. The Kier molecular flexibility index (Phi) is 39.5. The Labute approximate surface area is 271 Å². The third kappa shape index (κ3) is 40.8. The van der Waals surface area contributed by atoms with Crippen molar-refractivity contribution >= 4 is 29.6 Å². The predicted octanol–water partition coefficient (Wildman–Crippen LogP) is 14.3. The van der Waals surface area contributed by atoms with E-state index in [2.05, 4.69) is 0 Å². The minimum absolute atomic E-state index is 0.372. The minimum Gasteiger partial charge on any atom is -0.396 e. The second kappa shape index (κ2) is 38.8. The lowest BCUT2D eigenvalue weighted by atomic mass is 10.0. The molecule has 1 N–H and O–H groups in total. The summed E-state index contributed by atoms with van der Waals surface area (Å²) in [6, 6.07) is 1.10. The highest BCUT2D eigenvalue weighted by atomic mass is 35.7. The van der Waals surface area contributed by atoms with Gasteiger partial charge in [-0.1, -0.05) is 218 Å². The largest absolute Gasteiger partial charge is 0.396 e. The average Bonchev–Trinajstić information content (AvgIpc) is 2.97. The lowest BCUT2D eigenvalue weighted by Crippen LogP contribution is -1.91. The molecule has 41 heavy (non-hydrogen) atoms. The predicted molar refractivity (Wildman–Crippen MR) is 192 cm³/mol. The maximum atomic E-state index is 8.79. The highest BCUT2D eigenvalue weighted by molar-refractivity contribution is 7.33. The molecule has 1 nitrogen and oxygen atoms in total.